The van der Waals surface area contributed by atoms with Gasteiger partial charge in [-0.15, -0.1) is 0 Å². The summed E-state index contributed by atoms with van der Waals surface area (Å²) in [6.45, 7) is 6.26. The number of rotatable bonds is 6. The molecule has 0 spiro atoms. The lowest BCUT2D eigenvalue weighted by atomic mass is 10.1. The molecule has 0 saturated carbocycles. The van der Waals surface area contributed by atoms with Crippen LogP contribution in [0.4, 0.5) is 0 Å². The summed E-state index contributed by atoms with van der Waals surface area (Å²) in [5, 5.41) is 0. The molecule has 1 aromatic carbocycles. The molecule has 1 aliphatic rings. The van der Waals surface area contributed by atoms with Crippen molar-refractivity contribution in [3.63, 3.8) is 0 Å². The molecule has 1 saturated heterocycles. The van der Waals surface area contributed by atoms with E-state index in [1.54, 1.807) is 19.5 Å². The van der Waals surface area contributed by atoms with E-state index in [4.69, 9.17) is 14.7 Å². The van der Waals surface area contributed by atoms with E-state index in [0.717, 1.165) is 49.0 Å². The minimum Gasteiger partial charge on any atom is -0.497 e. The highest BCUT2D eigenvalue weighted by Crippen LogP contribution is 2.35. The highest BCUT2D eigenvalue weighted by atomic mass is 16.5. The first kappa shape index (κ1) is 18.6. The summed E-state index contributed by atoms with van der Waals surface area (Å²) < 4.78 is 7.37. The van der Waals surface area contributed by atoms with Crippen molar-refractivity contribution in [2.24, 2.45) is 0 Å². The highest BCUT2D eigenvalue weighted by Gasteiger charge is 2.30. The normalized spacial score (nSPS) is 17.4. The Bertz CT molecular complexity index is 919. The number of hydrogen-bond acceptors (Lipinski definition) is 5. The Hall–Kier alpha value is -2.73. The first-order chi connectivity index (χ1) is 13.7. The van der Waals surface area contributed by atoms with Crippen molar-refractivity contribution in [3.8, 4) is 11.6 Å². The standard InChI is InChI=1S/C22H27N5O/c1-16(2)21-25-12-14-27(21)22-20(23-10-11-24-22)19-5-4-13-26(19)15-17-6-8-18(28-3)9-7-17/h6-12,14,16,19H,4-5,13,15H2,1-3H3/t19-/m1/s1. The number of methoxy groups -OCH3 is 1. The van der Waals surface area contributed by atoms with Gasteiger partial charge in [-0.3, -0.25) is 14.5 Å². The van der Waals surface area contributed by atoms with Gasteiger partial charge in [-0.05, 0) is 37.1 Å². The number of ether oxygens (including phenoxy) is 1. The monoisotopic (exact) mass is 377 g/mol. The van der Waals surface area contributed by atoms with Gasteiger partial charge in [0.1, 0.15) is 17.3 Å². The molecule has 0 N–H and O–H groups in total. The number of nitrogens with zero attached hydrogens (tertiary/aromatic N) is 5. The Labute approximate surface area is 166 Å². The lowest BCUT2D eigenvalue weighted by Crippen LogP contribution is -2.25. The van der Waals surface area contributed by atoms with E-state index in [-0.39, 0.29) is 6.04 Å². The van der Waals surface area contributed by atoms with E-state index in [2.05, 4.69) is 40.4 Å². The Morgan fingerprint density at radius 2 is 1.86 bits per heavy atom. The maximum absolute atomic E-state index is 5.28. The Balaban J connectivity index is 1.63. The molecule has 1 aliphatic heterocycles. The van der Waals surface area contributed by atoms with E-state index < -0.39 is 0 Å². The summed E-state index contributed by atoms with van der Waals surface area (Å²) in [5.41, 5.74) is 2.32. The lowest BCUT2D eigenvalue weighted by molar-refractivity contribution is 0.243. The average molecular weight is 377 g/mol. The van der Waals surface area contributed by atoms with E-state index in [1.165, 1.54) is 5.56 Å². The molecule has 6 heteroatoms. The molecule has 2 aromatic heterocycles. The van der Waals surface area contributed by atoms with Crippen LogP contribution in [0.15, 0.2) is 49.1 Å². The van der Waals surface area contributed by atoms with Gasteiger partial charge in [0.25, 0.3) is 0 Å². The summed E-state index contributed by atoms with van der Waals surface area (Å²) >= 11 is 0. The van der Waals surface area contributed by atoms with E-state index in [0.29, 0.717) is 5.92 Å². The molecule has 0 aliphatic carbocycles. The zero-order chi connectivity index (χ0) is 19.5. The van der Waals surface area contributed by atoms with E-state index in [1.807, 2.05) is 24.5 Å². The summed E-state index contributed by atoms with van der Waals surface area (Å²) in [7, 11) is 1.70. The quantitative estimate of drug-likeness (QED) is 0.646. The van der Waals surface area contributed by atoms with Crippen LogP contribution in [0, 0.1) is 0 Å². The minimum absolute atomic E-state index is 0.258. The summed E-state index contributed by atoms with van der Waals surface area (Å²) in [4.78, 5) is 16.5. The molecule has 1 atom stereocenters. The van der Waals surface area contributed by atoms with E-state index >= 15 is 0 Å². The molecule has 146 valence electrons. The van der Waals surface area contributed by atoms with Gasteiger partial charge in [0.05, 0.1) is 13.2 Å². The van der Waals surface area contributed by atoms with Crippen LogP contribution in [0.5, 0.6) is 5.75 Å². The largest absolute Gasteiger partial charge is 0.497 e. The summed E-state index contributed by atoms with van der Waals surface area (Å²) in [6.07, 6.45) is 9.66. The second-order valence-corrected chi connectivity index (χ2v) is 7.55. The maximum atomic E-state index is 5.28. The van der Waals surface area contributed by atoms with Gasteiger partial charge in [0.15, 0.2) is 5.82 Å². The van der Waals surface area contributed by atoms with Gasteiger partial charge in [-0.1, -0.05) is 26.0 Å². The first-order valence-corrected chi connectivity index (χ1v) is 9.89. The zero-order valence-corrected chi connectivity index (χ0v) is 16.7. The molecule has 0 unspecified atom stereocenters. The number of imidazole rings is 1. The summed E-state index contributed by atoms with van der Waals surface area (Å²) in [5.74, 6) is 3.12. The van der Waals surface area contributed by atoms with Crippen LogP contribution in [0.3, 0.4) is 0 Å². The third-order valence-corrected chi connectivity index (χ3v) is 5.34. The SMILES string of the molecule is COc1ccc(CN2CCC[C@@H]2c2nccnc2-n2ccnc2C(C)C)cc1. The first-order valence-electron chi connectivity index (χ1n) is 9.89. The van der Waals surface area contributed by atoms with Gasteiger partial charge in [-0.2, -0.15) is 0 Å². The van der Waals surface area contributed by atoms with Gasteiger partial charge in [0.2, 0.25) is 0 Å². The summed E-state index contributed by atoms with van der Waals surface area (Å²) in [6, 6.07) is 8.58. The van der Waals surface area contributed by atoms with Gasteiger partial charge >= 0.3 is 0 Å². The Morgan fingerprint density at radius 3 is 2.61 bits per heavy atom. The van der Waals surface area contributed by atoms with Crippen molar-refractivity contribution in [1.82, 2.24) is 24.4 Å². The number of likely N-dealkylation sites (tertiary alicyclic amines) is 1. The molecular weight excluding hydrogens is 350 g/mol. The molecular formula is C22H27N5O. The molecule has 6 nitrogen and oxygen atoms in total. The third kappa shape index (κ3) is 3.64. The fraction of sp³-hybridized carbons (Fsp3) is 0.409. The predicted octanol–water partition coefficient (Wildman–Crippen LogP) is 4.13. The second kappa shape index (κ2) is 8.10. The van der Waals surface area contributed by atoms with Crippen LogP contribution in [-0.2, 0) is 6.54 Å². The van der Waals surface area contributed by atoms with Crippen LogP contribution >= 0.6 is 0 Å². The van der Waals surface area contributed by atoms with E-state index in [9.17, 15) is 0 Å². The van der Waals surface area contributed by atoms with Crippen molar-refractivity contribution >= 4 is 0 Å². The fourth-order valence-electron chi connectivity index (χ4n) is 3.97. The number of aromatic nitrogens is 4. The smallest absolute Gasteiger partial charge is 0.161 e. The van der Waals surface area contributed by atoms with Crippen molar-refractivity contribution in [1.29, 1.82) is 0 Å². The van der Waals surface area contributed by atoms with Crippen LogP contribution in [-0.4, -0.2) is 38.1 Å². The third-order valence-electron chi connectivity index (χ3n) is 5.34. The topological polar surface area (TPSA) is 56.1 Å². The van der Waals surface area contributed by atoms with Crippen LogP contribution < -0.4 is 4.74 Å². The molecule has 0 bridgehead atoms. The molecule has 3 heterocycles. The predicted molar refractivity (Wildman–Crippen MR) is 109 cm³/mol. The molecule has 4 rings (SSSR count). The number of hydrogen-bond donors (Lipinski definition) is 0. The molecule has 1 fully saturated rings. The van der Waals surface area contributed by atoms with Gasteiger partial charge < -0.3 is 4.74 Å². The van der Waals surface area contributed by atoms with Gasteiger partial charge in [-0.25, -0.2) is 9.97 Å². The fourth-order valence-corrected chi connectivity index (χ4v) is 3.97. The van der Waals surface area contributed by atoms with Crippen molar-refractivity contribution in [3.05, 3.63) is 66.1 Å². The van der Waals surface area contributed by atoms with Crippen LogP contribution in [0.1, 0.15) is 55.7 Å². The molecule has 28 heavy (non-hydrogen) atoms. The molecule has 0 amide bonds. The Morgan fingerprint density at radius 1 is 1.07 bits per heavy atom. The minimum atomic E-state index is 0.258. The highest BCUT2D eigenvalue weighted by molar-refractivity contribution is 5.34. The zero-order valence-electron chi connectivity index (χ0n) is 16.7. The molecule has 0 radical (unpaired) electrons. The maximum Gasteiger partial charge on any atom is 0.161 e. The van der Waals surface area contributed by atoms with Crippen molar-refractivity contribution in [2.45, 2.75) is 45.2 Å². The number of benzene rings is 1. The second-order valence-electron chi connectivity index (χ2n) is 7.55. The van der Waals surface area contributed by atoms with Gasteiger partial charge in [0, 0.05) is 37.3 Å². The van der Waals surface area contributed by atoms with Crippen molar-refractivity contribution < 1.29 is 4.74 Å². The Kier molecular flexibility index (Phi) is 5.39. The van der Waals surface area contributed by atoms with Crippen LogP contribution in [0.25, 0.3) is 5.82 Å². The lowest BCUT2D eigenvalue weighted by Gasteiger charge is -2.26. The molecule has 3 aromatic rings. The average Bonchev–Trinajstić information content (AvgIpc) is 3.38. The van der Waals surface area contributed by atoms with Crippen molar-refractivity contribution in [2.75, 3.05) is 13.7 Å². The van der Waals surface area contributed by atoms with Crippen LogP contribution in [0.2, 0.25) is 0 Å².